The van der Waals surface area contributed by atoms with Crippen molar-refractivity contribution in [2.24, 2.45) is 5.73 Å². The first-order valence-electron chi connectivity index (χ1n) is 4.07. The lowest BCUT2D eigenvalue weighted by molar-refractivity contribution is 0.577. The second-order valence-corrected chi connectivity index (χ2v) is 4.85. The summed E-state index contributed by atoms with van der Waals surface area (Å²) >= 11 is 1.66. The minimum Gasteiger partial charge on any atom is -0.330 e. The van der Waals surface area contributed by atoms with Gasteiger partial charge in [0.1, 0.15) is 10.0 Å². The maximum atomic E-state index is 5.42. The first-order chi connectivity index (χ1) is 5.54. The van der Waals surface area contributed by atoms with E-state index in [0.29, 0.717) is 6.54 Å². The van der Waals surface area contributed by atoms with Crippen molar-refractivity contribution < 1.29 is 0 Å². The summed E-state index contributed by atoms with van der Waals surface area (Å²) in [6, 6.07) is 0. The smallest absolute Gasteiger partial charge is 0.122 e. The number of aromatic nitrogens is 2. The van der Waals surface area contributed by atoms with Gasteiger partial charge in [-0.15, -0.1) is 21.5 Å². The minimum absolute atomic E-state index is 0.116. The third-order valence-electron chi connectivity index (χ3n) is 1.47. The van der Waals surface area contributed by atoms with Crippen LogP contribution in [0.3, 0.4) is 0 Å². The highest BCUT2D eigenvalue weighted by molar-refractivity contribution is 7.11. The van der Waals surface area contributed by atoms with Gasteiger partial charge in [-0.05, 0) is 6.54 Å². The number of nitrogens with zero attached hydrogens (tertiary/aromatic N) is 2. The number of hydrogen-bond acceptors (Lipinski definition) is 4. The van der Waals surface area contributed by atoms with E-state index in [1.54, 1.807) is 11.3 Å². The van der Waals surface area contributed by atoms with Crippen molar-refractivity contribution in [2.45, 2.75) is 32.6 Å². The van der Waals surface area contributed by atoms with Crippen LogP contribution in [0.4, 0.5) is 0 Å². The Balaban J connectivity index is 2.77. The average molecular weight is 185 g/mol. The molecule has 2 N–H and O–H groups in total. The molecule has 1 heterocycles. The molecular formula is C8H15N3S. The van der Waals surface area contributed by atoms with E-state index in [1.807, 2.05) is 0 Å². The van der Waals surface area contributed by atoms with E-state index in [4.69, 9.17) is 5.73 Å². The molecular weight excluding hydrogens is 170 g/mol. The van der Waals surface area contributed by atoms with Crippen LogP contribution in [0.15, 0.2) is 0 Å². The lowest BCUT2D eigenvalue weighted by Gasteiger charge is -2.12. The molecule has 0 radical (unpaired) electrons. The zero-order valence-electron chi connectivity index (χ0n) is 7.79. The summed E-state index contributed by atoms with van der Waals surface area (Å²) in [5.74, 6) is 0. The normalized spacial score (nSPS) is 12.0. The van der Waals surface area contributed by atoms with E-state index >= 15 is 0 Å². The molecule has 0 saturated carbocycles. The summed E-state index contributed by atoms with van der Waals surface area (Å²) in [5, 5.41) is 10.3. The SMILES string of the molecule is CC(C)(C)c1nnc(CCN)s1. The van der Waals surface area contributed by atoms with Crippen molar-refractivity contribution >= 4 is 11.3 Å². The van der Waals surface area contributed by atoms with Crippen LogP contribution < -0.4 is 5.73 Å². The summed E-state index contributed by atoms with van der Waals surface area (Å²) in [6.07, 6.45) is 0.841. The molecule has 0 aliphatic carbocycles. The first kappa shape index (κ1) is 9.61. The fourth-order valence-corrected chi connectivity index (χ4v) is 1.69. The van der Waals surface area contributed by atoms with Gasteiger partial charge in [0, 0.05) is 11.8 Å². The molecule has 0 spiro atoms. The van der Waals surface area contributed by atoms with Gasteiger partial charge in [0.05, 0.1) is 0 Å². The van der Waals surface area contributed by atoms with Crippen LogP contribution >= 0.6 is 11.3 Å². The van der Waals surface area contributed by atoms with Gasteiger partial charge in [-0.25, -0.2) is 0 Å². The molecule has 0 atom stereocenters. The topological polar surface area (TPSA) is 51.8 Å². The van der Waals surface area contributed by atoms with E-state index in [2.05, 4.69) is 31.0 Å². The molecule has 0 saturated heterocycles. The molecule has 0 amide bonds. The molecule has 12 heavy (non-hydrogen) atoms. The Kier molecular flexibility index (Phi) is 2.80. The quantitative estimate of drug-likeness (QED) is 0.756. The van der Waals surface area contributed by atoms with Gasteiger partial charge in [0.2, 0.25) is 0 Å². The van der Waals surface area contributed by atoms with Crippen molar-refractivity contribution in [1.82, 2.24) is 10.2 Å². The van der Waals surface area contributed by atoms with Gasteiger partial charge in [-0.2, -0.15) is 0 Å². The summed E-state index contributed by atoms with van der Waals surface area (Å²) in [4.78, 5) is 0. The summed E-state index contributed by atoms with van der Waals surface area (Å²) in [5.41, 5.74) is 5.53. The zero-order chi connectivity index (χ0) is 9.19. The lowest BCUT2D eigenvalue weighted by atomic mass is 9.98. The van der Waals surface area contributed by atoms with Crippen LogP contribution in [0, 0.1) is 0 Å². The number of hydrogen-bond donors (Lipinski definition) is 1. The number of nitrogens with two attached hydrogens (primary N) is 1. The summed E-state index contributed by atoms with van der Waals surface area (Å²) < 4.78 is 0. The van der Waals surface area contributed by atoms with Gasteiger partial charge < -0.3 is 5.73 Å². The standard InChI is InChI=1S/C8H15N3S/c1-8(2,3)7-11-10-6(12-7)4-5-9/h4-5,9H2,1-3H3. The van der Waals surface area contributed by atoms with Gasteiger partial charge in [0.15, 0.2) is 0 Å². The molecule has 0 aliphatic rings. The van der Waals surface area contributed by atoms with E-state index in [-0.39, 0.29) is 5.41 Å². The van der Waals surface area contributed by atoms with Crippen LogP contribution in [-0.4, -0.2) is 16.7 Å². The monoisotopic (exact) mass is 185 g/mol. The molecule has 1 rings (SSSR count). The highest BCUT2D eigenvalue weighted by atomic mass is 32.1. The Labute approximate surface area is 77.0 Å². The molecule has 0 aromatic carbocycles. The molecule has 3 nitrogen and oxygen atoms in total. The molecule has 0 fully saturated rings. The highest BCUT2D eigenvalue weighted by Gasteiger charge is 2.18. The van der Waals surface area contributed by atoms with Crippen LogP contribution in [0.1, 0.15) is 30.8 Å². The summed E-state index contributed by atoms with van der Waals surface area (Å²) in [6.45, 7) is 7.07. The van der Waals surface area contributed by atoms with Crippen LogP contribution in [0.5, 0.6) is 0 Å². The van der Waals surface area contributed by atoms with Crippen LogP contribution in [0.25, 0.3) is 0 Å². The average Bonchev–Trinajstić information content (AvgIpc) is 2.35. The predicted octanol–water partition coefficient (Wildman–Crippen LogP) is 1.34. The minimum atomic E-state index is 0.116. The van der Waals surface area contributed by atoms with Gasteiger partial charge in [-0.3, -0.25) is 0 Å². The third-order valence-corrected chi connectivity index (χ3v) is 2.88. The Morgan fingerprint density at radius 1 is 1.33 bits per heavy atom. The van der Waals surface area contributed by atoms with Crippen molar-refractivity contribution in [1.29, 1.82) is 0 Å². The van der Waals surface area contributed by atoms with Crippen molar-refractivity contribution in [2.75, 3.05) is 6.54 Å². The van der Waals surface area contributed by atoms with Gasteiger partial charge >= 0.3 is 0 Å². The van der Waals surface area contributed by atoms with Crippen molar-refractivity contribution in [3.05, 3.63) is 10.0 Å². The molecule has 0 aliphatic heterocycles. The Morgan fingerprint density at radius 3 is 2.42 bits per heavy atom. The number of rotatable bonds is 2. The fourth-order valence-electron chi connectivity index (χ4n) is 0.781. The van der Waals surface area contributed by atoms with Crippen LogP contribution in [-0.2, 0) is 11.8 Å². The molecule has 1 aromatic heterocycles. The molecule has 0 unspecified atom stereocenters. The Morgan fingerprint density at radius 2 is 2.00 bits per heavy atom. The van der Waals surface area contributed by atoms with E-state index in [9.17, 15) is 0 Å². The largest absolute Gasteiger partial charge is 0.330 e. The third kappa shape index (κ3) is 2.25. The zero-order valence-corrected chi connectivity index (χ0v) is 8.61. The molecule has 1 aromatic rings. The summed E-state index contributed by atoms with van der Waals surface area (Å²) in [7, 11) is 0. The van der Waals surface area contributed by atoms with Gasteiger partial charge in [0.25, 0.3) is 0 Å². The fraction of sp³-hybridized carbons (Fsp3) is 0.750. The maximum absolute atomic E-state index is 5.42. The molecule has 4 heteroatoms. The van der Waals surface area contributed by atoms with Crippen LogP contribution in [0.2, 0.25) is 0 Å². The highest BCUT2D eigenvalue weighted by Crippen LogP contribution is 2.25. The maximum Gasteiger partial charge on any atom is 0.122 e. The Hall–Kier alpha value is -0.480. The van der Waals surface area contributed by atoms with Crippen molar-refractivity contribution in [3.63, 3.8) is 0 Å². The lowest BCUT2D eigenvalue weighted by Crippen LogP contribution is -2.10. The van der Waals surface area contributed by atoms with Crippen molar-refractivity contribution in [3.8, 4) is 0 Å². The first-order valence-corrected chi connectivity index (χ1v) is 4.88. The predicted molar refractivity (Wildman–Crippen MR) is 51.4 cm³/mol. The molecule has 0 bridgehead atoms. The second-order valence-electron chi connectivity index (χ2n) is 3.79. The second kappa shape index (κ2) is 3.49. The van der Waals surface area contributed by atoms with E-state index in [1.165, 1.54) is 0 Å². The van der Waals surface area contributed by atoms with Gasteiger partial charge in [-0.1, -0.05) is 20.8 Å². The van der Waals surface area contributed by atoms with E-state index in [0.717, 1.165) is 16.4 Å². The molecule has 68 valence electrons. The van der Waals surface area contributed by atoms with E-state index < -0.39 is 0 Å². The Bertz CT molecular complexity index is 249.